The summed E-state index contributed by atoms with van der Waals surface area (Å²) in [5.41, 5.74) is 1.90. The quantitative estimate of drug-likeness (QED) is 0.801. The van der Waals surface area contributed by atoms with E-state index >= 15 is 0 Å². The van der Waals surface area contributed by atoms with Crippen LogP contribution in [0.25, 0.3) is 0 Å². The van der Waals surface area contributed by atoms with Gasteiger partial charge in [0, 0.05) is 34.8 Å². The van der Waals surface area contributed by atoms with Crippen molar-refractivity contribution in [2.75, 3.05) is 20.8 Å². The molecule has 1 amide bonds. The first kappa shape index (κ1) is 16.6. The van der Waals surface area contributed by atoms with Gasteiger partial charge < -0.3 is 19.1 Å². The molecule has 0 aromatic heterocycles. The lowest BCUT2D eigenvalue weighted by molar-refractivity contribution is -0.133. The lowest BCUT2D eigenvalue weighted by atomic mass is 10.1. The fraction of sp³-hybridized carbons (Fsp3) is 0.278. The number of ether oxygens (including phenoxy) is 3. The molecule has 3 rings (SSSR count). The predicted octanol–water partition coefficient (Wildman–Crippen LogP) is 3.39. The number of rotatable bonds is 4. The maximum Gasteiger partial charge on any atom is 0.261 e. The first-order chi connectivity index (χ1) is 11.6. The van der Waals surface area contributed by atoms with Gasteiger partial charge in [-0.15, -0.1) is 0 Å². The monoisotopic (exact) mass is 391 g/mol. The maximum absolute atomic E-state index is 12.4. The molecule has 1 heterocycles. The second-order valence-corrected chi connectivity index (χ2v) is 6.38. The van der Waals surface area contributed by atoms with Gasteiger partial charge in [0.2, 0.25) is 0 Å². The Bertz CT molecular complexity index is 763. The number of halogens is 1. The van der Waals surface area contributed by atoms with Crippen LogP contribution in [0, 0.1) is 0 Å². The highest BCUT2D eigenvalue weighted by Crippen LogP contribution is 2.30. The molecule has 5 nitrogen and oxygen atoms in total. The Balaban J connectivity index is 1.87. The number of carbonyl (C=O) groups is 1. The maximum atomic E-state index is 12.4. The van der Waals surface area contributed by atoms with Crippen molar-refractivity contribution < 1.29 is 19.0 Å². The molecular weight excluding hydrogens is 374 g/mol. The Labute approximate surface area is 149 Å². The fourth-order valence-electron chi connectivity index (χ4n) is 2.67. The molecule has 2 aromatic rings. The Morgan fingerprint density at radius 2 is 2.00 bits per heavy atom. The molecule has 1 aliphatic rings. The zero-order chi connectivity index (χ0) is 17.1. The molecule has 126 valence electrons. The Morgan fingerprint density at radius 3 is 2.75 bits per heavy atom. The van der Waals surface area contributed by atoms with Crippen LogP contribution in [0.1, 0.15) is 11.1 Å². The van der Waals surface area contributed by atoms with Crippen LogP contribution in [0.3, 0.4) is 0 Å². The molecule has 0 radical (unpaired) electrons. The standard InChI is InChI=1S/C18H18BrNO4/c1-22-15-5-3-12(17(8-15)23-2)9-20-10-13-7-14(19)4-6-16(13)24-11-18(20)21/h3-8H,9-11H2,1-2H3. The van der Waals surface area contributed by atoms with E-state index in [1.807, 2.05) is 36.4 Å². The van der Waals surface area contributed by atoms with Gasteiger partial charge in [-0.05, 0) is 30.3 Å². The Kier molecular flexibility index (Phi) is 4.94. The van der Waals surface area contributed by atoms with Gasteiger partial charge in [0.05, 0.1) is 14.2 Å². The van der Waals surface area contributed by atoms with Gasteiger partial charge in [-0.25, -0.2) is 0 Å². The molecule has 0 unspecified atom stereocenters. The van der Waals surface area contributed by atoms with Crippen LogP contribution >= 0.6 is 15.9 Å². The Morgan fingerprint density at radius 1 is 1.17 bits per heavy atom. The molecular formula is C18H18BrNO4. The summed E-state index contributed by atoms with van der Waals surface area (Å²) in [5, 5.41) is 0. The molecule has 0 atom stereocenters. The number of methoxy groups -OCH3 is 2. The van der Waals surface area contributed by atoms with E-state index in [2.05, 4.69) is 15.9 Å². The van der Waals surface area contributed by atoms with E-state index in [4.69, 9.17) is 14.2 Å². The molecule has 0 saturated carbocycles. The summed E-state index contributed by atoms with van der Waals surface area (Å²) < 4.78 is 17.2. The average Bonchev–Trinajstić information content (AvgIpc) is 2.74. The number of amides is 1. The van der Waals surface area contributed by atoms with Crippen molar-refractivity contribution in [3.05, 3.63) is 52.0 Å². The van der Waals surface area contributed by atoms with Crippen molar-refractivity contribution in [2.45, 2.75) is 13.1 Å². The zero-order valence-electron chi connectivity index (χ0n) is 13.5. The summed E-state index contributed by atoms with van der Waals surface area (Å²) >= 11 is 3.46. The van der Waals surface area contributed by atoms with Gasteiger partial charge in [-0.3, -0.25) is 4.79 Å². The van der Waals surface area contributed by atoms with Gasteiger partial charge in [0.1, 0.15) is 17.2 Å². The van der Waals surface area contributed by atoms with E-state index in [0.717, 1.165) is 27.1 Å². The minimum atomic E-state index is -0.0554. The van der Waals surface area contributed by atoms with Crippen LogP contribution in [-0.4, -0.2) is 31.6 Å². The molecule has 24 heavy (non-hydrogen) atoms. The van der Waals surface area contributed by atoms with Crippen molar-refractivity contribution in [1.29, 1.82) is 0 Å². The van der Waals surface area contributed by atoms with Gasteiger partial charge in [-0.1, -0.05) is 15.9 Å². The summed E-state index contributed by atoms with van der Waals surface area (Å²) in [6, 6.07) is 11.4. The summed E-state index contributed by atoms with van der Waals surface area (Å²) in [6.45, 7) is 0.969. The van der Waals surface area contributed by atoms with Gasteiger partial charge in [0.15, 0.2) is 6.61 Å². The van der Waals surface area contributed by atoms with Crippen LogP contribution in [-0.2, 0) is 17.9 Å². The molecule has 1 aliphatic heterocycles. The van der Waals surface area contributed by atoms with Crippen molar-refractivity contribution in [3.63, 3.8) is 0 Å². The van der Waals surface area contributed by atoms with Gasteiger partial charge in [-0.2, -0.15) is 0 Å². The second kappa shape index (κ2) is 7.13. The van der Waals surface area contributed by atoms with E-state index < -0.39 is 0 Å². The highest BCUT2D eigenvalue weighted by atomic mass is 79.9. The molecule has 6 heteroatoms. The smallest absolute Gasteiger partial charge is 0.261 e. The number of carbonyl (C=O) groups excluding carboxylic acids is 1. The summed E-state index contributed by atoms with van der Waals surface area (Å²) in [4.78, 5) is 14.2. The second-order valence-electron chi connectivity index (χ2n) is 5.47. The van der Waals surface area contributed by atoms with Crippen molar-refractivity contribution in [3.8, 4) is 17.2 Å². The average molecular weight is 392 g/mol. The summed E-state index contributed by atoms with van der Waals surface area (Å²) in [7, 11) is 3.22. The molecule has 0 bridgehead atoms. The number of nitrogens with zero attached hydrogens (tertiary/aromatic N) is 1. The molecule has 0 fully saturated rings. The lowest BCUT2D eigenvalue weighted by Crippen LogP contribution is -2.32. The van der Waals surface area contributed by atoms with Crippen molar-refractivity contribution in [2.24, 2.45) is 0 Å². The number of benzene rings is 2. The van der Waals surface area contributed by atoms with E-state index in [1.54, 1.807) is 19.1 Å². The van der Waals surface area contributed by atoms with E-state index in [0.29, 0.717) is 18.8 Å². The van der Waals surface area contributed by atoms with Crippen molar-refractivity contribution in [1.82, 2.24) is 4.90 Å². The summed E-state index contributed by atoms with van der Waals surface area (Å²) in [6.07, 6.45) is 0. The normalized spacial score (nSPS) is 13.8. The fourth-order valence-corrected chi connectivity index (χ4v) is 3.08. The number of hydrogen-bond donors (Lipinski definition) is 0. The molecule has 0 N–H and O–H groups in total. The van der Waals surface area contributed by atoms with Gasteiger partial charge >= 0.3 is 0 Å². The van der Waals surface area contributed by atoms with Crippen LogP contribution in [0.5, 0.6) is 17.2 Å². The minimum Gasteiger partial charge on any atom is -0.497 e. The third-order valence-electron chi connectivity index (χ3n) is 3.94. The molecule has 0 aliphatic carbocycles. The Hall–Kier alpha value is -2.21. The topological polar surface area (TPSA) is 48.0 Å². The molecule has 2 aromatic carbocycles. The van der Waals surface area contributed by atoms with E-state index in [-0.39, 0.29) is 12.5 Å². The van der Waals surface area contributed by atoms with Crippen LogP contribution in [0.4, 0.5) is 0 Å². The SMILES string of the molecule is COc1ccc(CN2Cc3cc(Br)ccc3OCC2=O)c(OC)c1. The third-order valence-corrected chi connectivity index (χ3v) is 4.44. The first-order valence-corrected chi connectivity index (χ1v) is 8.30. The van der Waals surface area contributed by atoms with E-state index in [1.165, 1.54) is 0 Å². The predicted molar refractivity (Wildman–Crippen MR) is 93.4 cm³/mol. The molecule has 0 spiro atoms. The molecule has 0 saturated heterocycles. The first-order valence-electron chi connectivity index (χ1n) is 7.50. The van der Waals surface area contributed by atoms with E-state index in [9.17, 15) is 4.79 Å². The highest BCUT2D eigenvalue weighted by molar-refractivity contribution is 9.10. The van der Waals surface area contributed by atoms with Crippen LogP contribution < -0.4 is 14.2 Å². The summed E-state index contributed by atoms with van der Waals surface area (Å²) in [5.74, 6) is 2.10. The minimum absolute atomic E-state index is 0.0348. The third kappa shape index (κ3) is 3.48. The van der Waals surface area contributed by atoms with Crippen LogP contribution in [0.15, 0.2) is 40.9 Å². The van der Waals surface area contributed by atoms with Crippen LogP contribution in [0.2, 0.25) is 0 Å². The highest BCUT2D eigenvalue weighted by Gasteiger charge is 2.23. The number of hydrogen-bond acceptors (Lipinski definition) is 4. The van der Waals surface area contributed by atoms with Gasteiger partial charge in [0.25, 0.3) is 5.91 Å². The largest absolute Gasteiger partial charge is 0.497 e. The van der Waals surface area contributed by atoms with Crippen molar-refractivity contribution >= 4 is 21.8 Å². The zero-order valence-corrected chi connectivity index (χ0v) is 15.1. The number of fused-ring (bicyclic) bond motifs is 1. The lowest BCUT2D eigenvalue weighted by Gasteiger charge is -2.21.